The molecule has 0 bridgehead atoms. The van der Waals surface area contributed by atoms with Gasteiger partial charge in [-0.25, -0.2) is 4.79 Å². The third-order valence-corrected chi connectivity index (χ3v) is 4.40. The van der Waals surface area contributed by atoms with Gasteiger partial charge in [-0.1, -0.05) is 18.5 Å². The molecule has 1 aromatic rings. The zero-order chi connectivity index (χ0) is 16.7. The molecule has 0 unspecified atom stereocenters. The van der Waals surface area contributed by atoms with Crippen molar-refractivity contribution in [3.05, 3.63) is 29.3 Å². The molecule has 1 saturated heterocycles. The molecule has 1 fully saturated rings. The Bertz CT molecular complexity index is 533. The normalized spacial score (nSPS) is 17.7. The van der Waals surface area contributed by atoms with Crippen LogP contribution in [0.15, 0.2) is 24.3 Å². The predicted molar refractivity (Wildman–Crippen MR) is 92.7 cm³/mol. The predicted octanol–water partition coefficient (Wildman–Crippen LogP) is 3.64. The first-order valence-electron chi connectivity index (χ1n) is 8.20. The van der Waals surface area contributed by atoms with Crippen LogP contribution in [0.3, 0.4) is 0 Å². The maximum absolute atomic E-state index is 12.3. The minimum absolute atomic E-state index is 0.128. The number of likely N-dealkylation sites (tertiary alicyclic amines) is 1. The zero-order valence-electron chi connectivity index (χ0n) is 13.5. The van der Waals surface area contributed by atoms with Gasteiger partial charge in [-0.15, -0.1) is 0 Å². The maximum atomic E-state index is 12.3. The second kappa shape index (κ2) is 8.77. The number of halogens is 1. The molecule has 0 aromatic heterocycles. The lowest BCUT2D eigenvalue weighted by atomic mass is 9.99. The van der Waals surface area contributed by atoms with Gasteiger partial charge in [0.15, 0.2) is 0 Å². The van der Waals surface area contributed by atoms with Gasteiger partial charge in [-0.3, -0.25) is 4.79 Å². The first-order chi connectivity index (χ1) is 11.1. The average Bonchev–Trinajstić information content (AvgIpc) is 2.56. The molecule has 2 rings (SSSR count). The fourth-order valence-corrected chi connectivity index (χ4v) is 3.01. The molecule has 0 saturated carbocycles. The van der Waals surface area contributed by atoms with Crippen LogP contribution >= 0.6 is 11.6 Å². The number of carbonyl (C=O) groups excluding carboxylic acids is 2. The van der Waals surface area contributed by atoms with E-state index in [0.717, 1.165) is 25.8 Å². The summed E-state index contributed by atoms with van der Waals surface area (Å²) in [7, 11) is 0. The minimum atomic E-state index is -0.314. The molecular formula is C17H24ClN3O2. The second-order valence-corrected chi connectivity index (χ2v) is 6.22. The summed E-state index contributed by atoms with van der Waals surface area (Å²) in [5.74, 6) is 0.128. The lowest BCUT2D eigenvalue weighted by Gasteiger charge is -2.35. The quantitative estimate of drug-likeness (QED) is 0.861. The Morgan fingerprint density at radius 2 is 2.00 bits per heavy atom. The van der Waals surface area contributed by atoms with Crippen molar-refractivity contribution in [2.75, 3.05) is 18.4 Å². The number of nitrogens with one attached hydrogen (secondary N) is 2. The van der Waals surface area contributed by atoms with Crippen molar-refractivity contribution in [2.24, 2.45) is 0 Å². The standard InChI is InChI=1S/C17H24ClN3O2/c1-2-15-5-3-4-12-21(15)16(22)10-11-19-17(23)20-14-8-6-13(18)7-9-14/h6-9,15H,2-5,10-12H2,1H3,(H2,19,20,23)/t15-/m0/s1. The molecule has 1 aromatic carbocycles. The number of amides is 3. The molecule has 6 heteroatoms. The molecule has 0 radical (unpaired) electrons. The Balaban J connectivity index is 1.72. The van der Waals surface area contributed by atoms with Gasteiger partial charge < -0.3 is 15.5 Å². The van der Waals surface area contributed by atoms with Crippen molar-refractivity contribution in [3.8, 4) is 0 Å². The van der Waals surface area contributed by atoms with Crippen LogP contribution in [0.2, 0.25) is 5.02 Å². The molecule has 1 heterocycles. The average molecular weight is 338 g/mol. The number of benzene rings is 1. The van der Waals surface area contributed by atoms with Gasteiger partial charge in [0, 0.05) is 36.3 Å². The van der Waals surface area contributed by atoms with Crippen molar-refractivity contribution in [1.29, 1.82) is 0 Å². The molecule has 1 aliphatic rings. The molecule has 2 N–H and O–H groups in total. The highest BCUT2D eigenvalue weighted by Crippen LogP contribution is 2.20. The molecule has 3 amide bonds. The highest BCUT2D eigenvalue weighted by Gasteiger charge is 2.24. The highest BCUT2D eigenvalue weighted by atomic mass is 35.5. The van der Waals surface area contributed by atoms with Gasteiger partial charge in [0.2, 0.25) is 5.91 Å². The Morgan fingerprint density at radius 3 is 2.70 bits per heavy atom. The summed E-state index contributed by atoms with van der Waals surface area (Å²) >= 11 is 5.79. The third kappa shape index (κ3) is 5.43. The van der Waals surface area contributed by atoms with E-state index < -0.39 is 0 Å². The van der Waals surface area contributed by atoms with Crippen molar-refractivity contribution in [3.63, 3.8) is 0 Å². The Hall–Kier alpha value is -1.75. The van der Waals surface area contributed by atoms with E-state index in [1.54, 1.807) is 24.3 Å². The SMILES string of the molecule is CC[C@H]1CCCCN1C(=O)CCNC(=O)Nc1ccc(Cl)cc1. The Kier molecular flexibility index (Phi) is 6.71. The summed E-state index contributed by atoms with van der Waals surface area (Å²) < 4.78 is 0. The van der Waals surface area contributed by atoms with E-state index in [9.17, 15) is 9.59 Å². The van der Waals surface area contributed by atoms with Crippen molar-refractivity contribution >= 4 is 29.2 Å². The first kappa shape index (κ1) is 17.6. The van der Waals surface area contributed by atoms with Gasteiger partial charge in [-0.2, -0.15) is 0 Å². The monoisotopic (exact) mass is 337 g/mol. The summed E-state index contributed by atoms with van der Waals surface area (Å²) in [6.45, 7) is 3.30. The topological polar surface area (TPSA) is 61.4 Å². The van der Waals surface area contributed by atoms with Crippen molar-refractivity contribution < 1.29 is 9.59 Å². The van der Waals surface area contributed by atoms with E-state index in [1.807, 2.05) is 4.90 Å². The first-order valence-corrected chi connectivity index (χ1v) is 8.58. The third-order valence-electron chi connectivity index (χ3n) is 4.15. The summed E-state index contributed by atoms with van der Waals surface area (Å²) in [6, 6.07) is 6.92. The van der Waals surface area contributed by atoms with E-state index >= 15 is 0 Å². The zero-order valence-corrected chi connectivity index (χ0v) is 14.2. The maximum Gasteiger partial charge on any atom is 0.319 e. The lowest BCUT2D eigenvalue weighted by molar-refractivity contribution is -0.134. The van der Waals surface area contributed by atoms with E-state index in [2.05, 4.69) is 17.6 Å². The molecule has 23 heavy (non-hydrogen) atoms. The van der Waals surface area contributed by atoms with Gasteiger partial charge in [0.25, 0.3) is 0 Å². The largest absolute Gasteiger partial charge is 0.340 e. The van der Waals surface area contributed by atoms with Crippen molar-refractivity contribution in [2.45, 2.75) is 45.1 Å². The van der Waals surface area contributed by atoms with Gasteiger partial charge >= 0.3 is 6.03 Å². The van der Waals surface area contributed by atoms with Crippen LogP contribution in [0.4, 0.5) is 10.5 Å². The summed E-state index contributed by atoms with van der Waals surface area (Å²) in [5, 5.41) is 6.05. The number of nitrogens with zero attached hydrogens (tertiary/aromatic N) is 1. The van der Waals surface area contributed by atoms with Crippen LogP contribution in [-0.4, -0.2) is 36.0 Å². The lowest BCUT2D eigenvalue weighted by Crippen LogP contribution is -2.44. The number of hydrogen-bond donors (Lipinski definition) is 2. The van der Waals surface area contributed by atoms with Crippen LogP contribution in [-0.2, 0) is 4.79 Å². The fourth-order valence-electron chi connectivity index (χ4n) is 2.89. The van der Waals surface area contributed by atoms with E-state index in [-0.39, 0.29) is 11.9 Å². The van der Waals surface area contributed by atoms with Gasteiger partial charge in [0.1, 0.15) is 0 Å². The van der Waals surface area contributed by atoms with Gasteiger partial charge in [-0.05, 0) is 49.9 Å². The molecule has 0 spiro atoms. The van der Waals surface area contributed by atoms with Crippen molar-refractivity contribution in [1.82, 2.24) is 10.2 Å². The van der Waals surface area contributed by atoms with Crippen LogP contribution in [0.1, 0.15) is 39.0 Å². The summed E-state index contributed by atoms with van der Waals surface area (Å²) in [4.78, 5) is 26.1. The molecular weight excluding hydrogens is 314 g/mol. The number of rotatable bonds is 5. The fraction of sp³-hybridized carbons (Fsp3) is 0.529. The van der Waals surface area contributed by atoms with E-state index in [1.165, 1.54) is 6.42 Å². The van der Waals surface area contributed by atoms with E-state index in [4.69, 9.17) is 11.6 Å². The summed E-state index contributed by atoms with van der Waals surface area (Å²) in [6.07, 6.45) is 4.70. The number of hydrogen-bond acceptors (Lipinski definition) is 2. The number of urea groups is 1. The number of anilines is 1. The number of carbonyl (C=O) groups is 2. The van der Waals surface area contributed by atoms with Crippen LogP contribution in [0.5, 0.6) is 0 Å². The van der Waals surface area contributed by atoms with E-state index in [0.29, 0.717) is 29.7 Å². The highest BCUT2D eigenvalue weighted by molar-refractivity contribution is 6.30. The van der Waals surface area contributed by atoms with Crippen LogP contribution < -0.4 is 10.6 Å². The molecule has 126 valence electrons. The molecule has 1 aliphatic heterocycles. The van der Waals surface area contributed by atoms with Crippen LogP contribution in [0.25, 0.3) is 0 Å². The Labute approximate surface area is 142 Å². The molecule has 5 nitrogen and oxygen atoms in total. The molecule has 0 aliphatic carbocycles. The smallest absolute Gasteiger partial charge is 0.319 e. The minimum Gasteiger partial charge on any atom is -0.340 e. The second-order valence-electron chi connectivity index (χ2n) is 5.78. The van der Waals surface area contributed by atoms with Crippen LogP contribution in [0, 0.1) is 0 Å². The Morgan fingerprint density at radius 1 is 1.26 bits per heavy atom. The van der Waals surface area contributed by atoms with Gasteiger partial charge in [0.05, 0.1) is 0 Å². The summed E-state index contributed by atoms with van der Waals surface area (Å²) in [5.41, 5.74) is 0.667. The number of piperidine rings is 1. The molecule has 1 atom stereocenters.